The van der Waals surface area contributed by atoms with Crippen molar-refractivity contribution in [3.63, 3.8) is 0 Å². The van der Waals surface area contributed by atoms with Crippen molar-refractivity contribution in [3.05, 3.63) is 25.3 Å². The zero-order valence-corrected chi connectivity index (χ0v) is 11.4. The standard InChI is InChI=1S/C14H28N2/c1-7-10-16(11-8-2)13(9-3)12-15-14(4,5)6/h7-8,13,15H,1-2,9-12H2,3-6H3. The van der Waals surface area contributed by atoms with Gasteiger partial charge in [0, 0.05) is 31.2 Å². The van der Waals surface area contributed by atoms with Gasteiger partial charge in [0.15, 0.2) is 0 Å². The van der Waals surface area contributed by atoms with Crippen LogP contribution in [0.15, 0.2) is 25.3 Å². The largest absolute Gasteiger partial charge is 0.311 e. The maximum atomic E-state index is 3.81. The second kappa shape index (κ2) is 7.64. The molecule has 0 aromatic heterocycles. The molecule has 0 spiro atoms. The van der Waals surface area contributed by atoms with E-state index >= 15 is 0 Å². The van der Waals surface area contributed by atoms with Gasteiger partial charge in [0.1, 0.15) is 0 Å². The zero-order chi connectivity index (χ0) is 12.6. The Morgan fingerprint density at radius 1 is 1.19 bits per heavy atom. The molecular weight excluding hydrogens is 196 g/mol. The van der Waals surface area contributed by atoms with Crippen LogP contribution in [-0.2, 0) is 0 Å². The number of hydrogen-bond donors (Lipinski definition) is 1. The summed E-state index contributed by atoms with van der Waals surface area (Å²) in [5.41, 5.74) is 0.182. The Balaban J connectivity index is 4.29. The number of hydrogen-bond acceptors (Lipinski definition) is 2. The molecule has 0 aliphatic rings. The molecule has 16 heavy (non-hydrogen) atoms. The second-order valence-electron chi connectivity index (χ2n) is 5.22. The van der Waals surface area contributed by atoms with E-state index in [2.05, 4.69) is 51.1 Å². The Hall–Kier alpha value is -0.600. The molecule has 94 valence electrons. The predicted octanol–water partition coefficient (Wildman–Crippen LogP) is 2.83. The van der Waals surface area contributed by atoms with Crippen molar-refractivity contribution in [3.8, 4) is 0 Å². The SMILES string of the molecule is C=CCN(CC=C)C(CC)CNC(C)(C)C. The first-order chi connectivity index (χ1) is 7.44. The lowest BCUT2D eigenvalue weighted by Gasteiger charge is -2.32. The number of rotatable bonds is 8. The third kappa shape index (κ3) is 6.81. The highest BCUT2D eigenvalue weighted by atomic mass is 15.2. The molecule has 1 N–H and O–H groups in total. The van der Waals surface area contributed by atoms with Gasteiger partial charge in [-0.25, -0.2) is 0 Å². The highest BCUT2D eigenvalue weighted by Gasteiger charge is 2.17. The summed E-state index contributed by atoms with van der Waals surface area (Å²) in [6, 6.07) is 0.551. The van der Waals surface area contributed by atoms with E-state index < -0.39 is 0 Å². The van der Waals surface area contributed by atoms with Gasteiger partial charge in [-0.2, -0.15) is 0 Å². The minimum Gasteiger partial charge on any atom is -0.311 e. The van der Waals surface area contributed by atoms with Gasteiger partial charge >= 0.3 is 0 Å². The molecule has 0 heterocycles. The Morgan fingerprint density at radius 2 is 1.69 bits per heavy atom. The van der Waals surface area contributed by atoms with Crippen LogP contribution in [0, 0.1) is 0 Å². The monoisotopic (exact) mass is 224 g/mol. The van der Waals surface area contributed by atoms with Gasteiger partial charge in [0.25, 0.3) is 0 Å². The molecule has 1 atom stereocenters. The van der Waals surface area contributed by atoms with E-state index in [1.807, 2.05) is 12.2 Å². The zero-order valence-electron chi connectivity index (χ0n) is 11.4. The van der Waals surface area contributed by atoms with Crippen LogP contribution < -0.4 is 5.32 Å². The Kier molecular flexibility index (Phi) is 7.35. The maximum absolute atomic E-state index is 3.81. The molecule has 0 aromatic rings. The van der Waals surface area contributed by atoms with E-state index in [-0.39, 0.29) is 5.54 Å². The van der Waals surface area contributed by atoms with Crippen molar-refractivity contribution >= 4 is 0 Å². The first kappa shape index (κ1) is 15.4. The van der Waals surface area contributed by atoms with E-state index in [1.54, 1.807) is 0 Å². The molecule has 0 saturated heterocycles. The molecule has 1 unspecified atom stereocenters. The molecule has 0 amide bonds. The van der Waals surface area contributed by atoms with Crippen molar-refractivity contribution in [2.75, 3.05) is 19.6 Å². The van der Waals surface area contributed by atoms with Gasteiger partial charge in [-0.3, -0.25) is 4.90 Å². The van der Waals surface area contributed by atoms with Crippen molar-refractivity contribution in [1.82, 2.24) is 10.2 Å². The average molecular weight is 224 g/mol. The summed E-state index contributed by atoms with van der Waals surface area (Å²) in [6.07, 6.45) is 5.07. The first-order valence-corrected chi connectivity index (χ1v) is 6.15. The molecule has 0 aliphatic carbocycles. The molecule has 0 rings (SSSR count). The highest BCUT2D eigenvalue weighted by Crippen LogP contribution is 2.06. The molecule has 2 nitrogen and oxygen atoms in total. The van der Waals surface area contributed by atoms with Gasteiger partial charge in [0.05, 0.1) is 0 Å². The van der Waals surface area contributed by atoms with Gasteiger partial charge in [-0.1, -0.05) is 19.1 Å². The van der Waals surface area contributed by atoms with Crippen LogP contribution in [0.1, 0.15) is 34.1 Å². The lowest BCUT2D eigenvalue weighted by Crippen LogP contribution is -2.47. The molecule has 0 aliphatic heterocycles. The summed E-state index contributed by atoms with van der Waals surface area (Å²) in [7, 11) is 0. The lowest BCUT2D eigenvalue weighted by molar-refractivity contribution is 0.214. The third-order valence-electron chi connectivity index (χ3n) is 2.58. The highest BCUT2D eigenvalue weighted by molar-refractivity contribution is 4.86. The second-order valence-corrected chi connectivity index (χ2v) is 5.22. The van der Waals surface area contributed by atoms with Crippen molar-refractivity contribution in [2.24, 2.45) is 0 Å². The number of nitrogens with zero attached hydrogens (tertiary/aromatic N) is 1. The summed E-state index contributed by atoms with van der Waals surface area (Å²) < 4.78 is 0. The predicted molar refractivity (Wildman–Crippen MR) is 73.8 cm³/mol. The smallest absolute Gasteiger partial charge is 0.0224 e. The van der Waals surface area contributed by atoms with E-state index in [9.17, 15) is 0 Å². The fourth-order valence-corrected chi connectivity index (χ4v) is 1.66. The Labute approximate surface area is 101 Å². The molecular formula is C14H28N2. The summed E-state index contributed by atoms with van der Waals surface area (Å²) in [5, 5.41) is 3.56. The minimum absolute atomic E-state index is 0.182. The Morgan fingerprint density at radius 3 is 2.00 bits per heavy atom. The number of nitrogens with one attached hydrogen (secondary N) is 1. The average Bonchev–Trinajstić information content (AvgIpc) is 2.17. The van der Waals surface area contributed by atoms with E-state index in [0.29, 0.717) is 6.04 Å². The van der Waals surface area contributed by atoms with E-state index in [0.717, 1.165) is 26.1 Å². The molecule has 0 radical (unpaired) electrons. The fourth-order valence-electron chi connectivity index (χ4n) is 1.66. The summed E-state index contributed by atoms with van der Waals surface area (Å²) >= 11 is 0. The van der Waals surface area contributed by atoms with Crippen LogP contribution >= 0.6 is 0 Å². The fraction of sp³-hybridized carbons (Fsp3) is 0.714. The Bertz CT molecular complexity index is 193. The normalized spacial score (nSPS) is 13.8. The van der Waals surface area contributed by atoms with Crippen LogP contribution in [0.4, 0.5) is 0 Å². The first-order valence-electron chi connectivity index (χ1n) is 6.15. The summed E-state index contributed by atoms with van der Waals surface area (Å²) in [6.45, 7) is 19.3. The van der Waals surface area contributed by atoms with Gasteiger partial charge in [0.2, 0.25) is 0 Å². The van der Waals surface area contributed by atoms with E-state index in [1.165, 1.54) is 0 Å². The molecule has 0 saturated carbocycles. The van der Waals surface area contributed by atoms with Gasteiger partial charge in [-0.05, 0) is 27.2 Å². The van der Waals surface area contributed by atoms with Crippen LogP contribution in [-0.4, -0.2) is 36.1 Å². The van der Waals surface area contributed by atoms with E-state index in [4.69, 9.17) is 0 Å². The minimum atomic E-state index is 0.182. The molecule has 2 heteroatoms. The summed E-state index contributed by atoms with van der Waals surface area (Å²) in [5.74, 6) is 0. The molecule has 0 bridgehead atoms. The van der Waals surface area contributed by atoms with Crippen LogP contribution in [0.2, 0.25) is 0 Å². The molecule has 0 fully saturated rings. The van der Waals surface area contributed by atoms with Crippen molar-refractivity contribution < 1.29 is 0 Å². The van der Waals surface area contributed by atoms with Crippen LogP contribution in [0.25, 0.3) is 0 Å². The van der Waals surface area contributed by atoms with Gasteiger partial charge < -0.3 is 5.32 Å². The van der Waals surface area contributed by atoms with Gasteiger partial charge in [-0.15, -0.1) is 13.2 Å². The van der Waals surface area contributed by atoms with Crippen LogP contribution in [0.5, 0.6) is 0 Å². The topological polar surface area (TPSA) is 15.3 Å². The maximum Gasteiger partial charge on any atom is 0.0224 e. The lowest BCUT2D eigenvalue weighted by atomic mass is 10.1. The molecule has 0 aromatic carbocycles. The van der Waals surface area contributed by atoms with Crippen molar-refractivity contribution in [2.45, 2.75) is 45.7 Å². The summed E-state index contributed by atoms with van der Waals surface area (Å²) in [4.78, 5) is 2.40. The van der Waals surface area contributed by atoms with Crippen LogP contribution in [0.3, 0.4) is 0 Å². The quantitative estimate of drug-likeness (QED) is 0.638. The third-order valence-corrected chi connectivity index (χ3v) is 2.58. The van der Waals surface area contributed by atoms with Crippen molar-refractivity contribution in [1.29, 1.82) is 0 Å².